The van der Waals surface area contributed by atoms with Crippen LogP contribution in [0.4, 0.5) is 0 Å². The molecule has 1 saturated heterocycles. The third kappa shape index (κ3) is 6.38. The van der Waals surface area contributed by atoms with E-state index in [9.17, 15) is 0 Å². The number of hydrogen-bond donors (Lipinski definition) is 0. The number of methoxy groups -OCH3 is 3. The van der Waals surface area contributed by atoms with Crippen LogP contribution in [0.2, 0.25) is 0 Å². The van der Waals surface area contributed by atoms with Crippen LogP contribution in [0.5, 0.6) is 17.2 Å². The minimum Gasteiger partial charge on any atom is -0.497 e. The quantitative estimate of drug-likeness (QED) is 0.587. The lowest BCUT2D eigenvalue weighted by Crippen LogP contribution is -2.40. The van der Waals surface area contributed by atoms with Crippen LogP contribution in [-0.4, -0.2) is 64.4 Å². The summed E-state index contributed by atoms with van der Waals surface area (Å²) in [6.45, 7) is 5.47. The Kier molecular flexibility index (Phi) is 8.40. The van der Waals surface area contributed by atoms with E-state index in [0.717, 1.165) is 43.3 Å². The number of rotatable bonds is 10. The van der Waals surface area contributed by atoms with Gasteiger partial charge in [-0.2, -0.15) is 0 Å². The first kappa shape index (κ1) is 22.4. The predicted octanol–water partition coefficient (Wildman–Crippen LogP) is 4.10. The van der Waals surface area contributed by atoms with Gasteiger partial charge in [0, 0.05) is 31.7 Å². The standard InChI is InChI=1S/C25H36N2O3/c1-26(19-22-16-24(29-3)11-12-25(22)30-4)17-21-6-5-14-27(18-21)15-13-20-7-9-23(28-2)10-8-20/h7-12,16,21H,5-6,13-15,17-19H2,1-4H3/t21-/m1/s1. The summed E-state index contributed by atoms with van der Waals surface area (Å²) in [5.41, 5.74) is 2.55. The Morgan fingerprint density at radius 3 is 2.40 bits per heavy atom. The van der Waals surface area contributed by atoms with Crippen molar-refractivity contribution in [1.82, 2.24) is 9.80 Å². The molecule has 164 valence electrons. The topological polar surface area (TPSA) is 34.2 Å². The minimum atomic E-state index is 0.705. The van der Waals surface area contributed by atoms with E-state index in [1.807, 2.05) is 12.1 Å². The van der Waals surface area contributed by atoms with Crippen molar-refractivity contribution in [1.29, 1.82) is 0 Å². The summed E-state index contributed by atoms with van der Waals surface area (Å²) in [6.07, 6.45) is 3.68. The summed E-state index contributed by atoms with van der Waals surface area (Å²) >= 11 is 0. The summed E-state index contributed by atoms with van der Waals surface area (Å²) < 4.78 is 16.2. The molecule has 1 aliphatic rings. The number of hydrogen-bond acceptors (Lipinski definition) is 5. The van der Waals surface area contributed by atoms with Crippen LogP contribution in [0.15, 0.2) is 42.5 Å². The lowest BCUT2D eigenvalue weighted by atomic mass is 9.97. The maximum absolute atomic E-state index is 5.54. The molecule has 3 rings (SSSR count). The van der Waals surface area contributed by atoms with Gasteiger partial charge in [-0.15, -0.1) is 0 Å². The first-order chi connectivity index (χ1) is 14.6. The summed E-state index contributed by atoms with van der Waals surface area (Å²) in [6, 6.07) is 14.5. The second kappa shape index (κ2) is 11.2. The molecule has 0 aliphatic carbocycles. The lowest BCUT2D eigenvalue weighted by molar-refractivity contribution is 0.142. The third-order valence-electron chi connectivity index (χ3n) is 5.98. The maximum Gasteiger partial charge on any atom is 0.123 e. The molecule has 0 bridgehead atoms. The van der Waals surface area contributed by atoms with Gasteiger partial charge in [0.2, 0.25) is 0 Å². The van der Waals surface area contributed by atoms with E-state index in [-0.39, 0.29) is 0 Å². The third-order valence-corrected chi connectivity index (χ3v) is 5.98. The highest BCUT2D eigenvalue weighted by Gasteiger charge is 2.21. The number of likely N-dealkylation sites (tertiary alicyclic amines) is 1. The zero-order chi connectivity index (χ0) is 21.3. The fraction of sp³-hybridized carbons (Fsp3) is 0.520. The van der Waals surface area contributed by atoms with Crippen LogP contribution >= 0.6 is 0 Å². The Labute approximate surface area is 181 Å². The van der Waals surface area contributed by atoms with Crippen molar-refractivity contribution >= 4 is 0 Å². The lowest BCUT2D eigenvalue weighted by Gasteiger charge is -2.35. The van der Waals surface area contributed by atoms with Crippen molar-refractivity contribution in [2.45, 2.75) is 25.8 Å². The Bertz CT molecular complexity index is 778. The van der Waals surface area contributed by atoms with Crippen molar-refractivity contribution in [2.24, 2.45) is 5.92 Å². The molecule has 5 heteroatoms. The smallest absolute Gasteiger partial charge is 0.123 e. The predicted molar refractivity (Wildman–Crippen MR) is 122 cm³/mol. The molecule has 0 radical (unpaired) electrons. The van der Waals surface area contributed by atoms with Gasteiger partial charge in [-0.3, -0.25) is 0 Å². The normalized spacial score (nSPS) is 17.2. The molecule has 0 saturated carbocycles. The summed E-state index contributed by atoms with van der Waals surface area (Å²) in [7, 11) is 7.35. The first-order valence-electron chi connectivity index (χ1n) is 10.9. The van der Waals surface area contributed by atoms with Gasteiger partial charge in [-0.05, 0) is 74.7 Å². The summed E-state index contributed by atoms with van der Waals surface area (Å²) in [4.78, 5) is 5.04. The highest BCUT2D eigenvalue weighted by molar-refractivity contribution is 5.40. The molecule has 2 aromatic carbocycles. The van der Waals surface area contributed by atoms with Gasteiger partial charge < -0.3 is 24.0 Å². The molecule has 0 aromatic heterocycles. The highest BCUT2D eigenvalue weighted by Crippen LogP contribution is 2.26. The van der Waals surface area contributed by atoms with Crippen molar-refractivity contribution in [3.8, 4) is 17.2 Å². The second-order valence-corrected chi connectivity index (χ2v) is 8.28. The Morgan fingerprint density at radius 1 is 0.967 bits per heavy atom. The Morgan fingerprint density at radius 2 is 1.70 bits per heavy atom. The molecule has 0 unspecified atom stereocenters. The summed E-state index contributed by atoms with van der Waals surface area (Å²) in [5.74, 6) is 3.43. The van der Waals surface area contributed by atoms with Crippen molar-refractivity contribution < 1.29 is 14.2 Å². The van der Waals surface area contributed by atoms with Crippen LogP contribution in [0.1, 0.15) is 24.0 Å². The Balaban J connectivity index is 1.49. The number of benzene rings is 2. The molecular weight excluding hydrogens is 376 g/mol. The molecule has 1 atom stereocenters. The largest absolute Gasteiger partial charge is 0.497 e. The molecule has 5 nitrogen and oxygen atoms in total. The van der Waals surface area contributed by atoms with Gasteiger partial charge in [0.1, 0.15) is 17.2 Å². The molecule has 1 heterocycles. The van der Waals surface area contributed by atoms with Gasteiger partial charge >= 0.3 is 0 Å². The first-order valence-corrected chi connectivity index (χ1v) is 10.9. The zero-order valence-electron chi connectivity index (χ0n) is 18.9. The van der Waals surface area contributed by atoms with E-state index in [1.165, 1.54) is 37.1 Å². The molecular formula is C25H36N2O3. The van der Waals surface area contributed by atoms with Crippen LogP contribution in [-0.2, 0) is 13.0 Å². The van der Waals surface area contributed by atoms with Crippen LogP contribution in [0.25, 0.3) is 0 Å². The molecule has 1 fully saturated rings. The minimum absolute atomic E-state index is 0.705. The molecule has 2 aromatic rings. The molecule has 0 amide bonds. The van der Waals surface area contributed by atoms with Gasteiger partial charge in [0.25, 0.3) is 0 Å². The second-order valence-electron chi connectivity index (χ2n) is 8.28. The van der Waals surface area contributed by atoms with Gasteiger partial charge in [0.05, 0.1) is 21.3 Å². The Hall–Kier alpha value is -2.24. The fourth-order valence-corrected chi connectivity index (χ4v) is 4.38. The molecule has 0 spiro atoms. The van der Waals surface area contributed by atoms with E-state index in [1.54, 1.807) is 21.3 Å². The van der Waals surface area contributed by atoms with E-state index in [2.05, 4.69) is 47.2 Å². The van der Waals surface area contributed by atoms with Crippen molar-refractivity contribution in [2.75, 3.05) is 54.6 Å². The SMILES string of the molecule is COc1ccc(CCN2CCC[C@H](CN(C)Cc3cc(OC)ccc3OC)C2)cc1. The number of piperidine rings is 1. The zero-order valence-corrected chi connectivity index (χ0v) is 18.9. The van der Waals surface area contributed by atoms with E-state index in [0.29, 0.717) is 5.92 Å². The molecule has 30 heavy (non-hydrogen) atoms. The summed E-state index contributed by atoms with van der Waals surface area (Å²) in [5, 5.41) is 0. The maximum atomic E-state index is 5.54. The van der Waals surface area contributed by atoms with Gasteiger partial charge in [0.15, 0.2) is 0 Å². The van der Waals surface area contributed by atoms with Crippen LogP contribution in [0, 0.1) is 5.92 Å². The van der Waals surface area contributed by atoms with Crippen molar-refractivity contribution in [3.05, 3.63) is 53.6 Å². The number of ether oxygens (including phenoxy) is 3. The monoisotopic (exact) mass is 412 g/mol. The average molecular weight is 413 g/mol. The van der Waals surface area contributed by atoms with Gasteiger partial charge in [-0.25, -0.2) is 0 Å². The molecule has 0 N–H and O–H groups in total. The van der Waals surface area contributed by atoms with E-state index < -0.39 is 0 Å². The van der Waals surface area contributed by atoms with Crippen LogP contribution < -0.4 is 14.2 Å². The molecule has 1 aliphatic heterocycles. The van der Waals surface area contributed by atoms with Gasteiger partial charge in [-0.1, -0.05) is 12.1 Å². The number of nitrogens with zero attached hydrogens (tertiary/aromatic N) is 2. The highest BCUT2D eigenvalue weighted by atomic mass is 16.5. The fourth-order valence-electron chi connectivity index (χ4n) is 4.38. The average Bonchev–Trinajstić information content (AvgIpc) is 2.78. The van der Waals surface area contributed by atoms with E-state index in [4.69, 9.17) is 14.2 Å². The van der Waals surface area contributed by atoms with Crippen LogP contribution in [0.3, 0.4) is 0 Å². The van der Waals surface area contributed by atoms with E-state index >= 15 is 0 Å². The van der Waals surface area contributed by atoms with Crippen molar-refractivity contribution in [3.63, 3.8) is 0 Å².